The van der Waals surface area contributed by atoms with Crippen molar-refractivity contribution in [1.29, 1.82) is 0 Å². The first-order chi connectivity index (χ1) is 9.07. The van der Waals surface area contributed by atoms with Crippen molar-refractivity contribution >= 4 is 23.0 Å². The van der Waals surface area contributed by atoms with Gasteiger partial charge in [0.25, 0.3) is 0 Å². The van der Waals surface area contributed by atoms with Crippen LogP contribution in [0.5, 0.6) is 0 Å². The number of hydrogen-bond donors (Lipinski definition) is 0. The van der Waals surface area contributed by atoms with E-state index in [9.17, 15) is 4.57 Å². The van der Waals surface area contributed by atoms with Gasteiger partial charge in [-0.3, -0.25) is 0 Å². The first-order valence-electron chi connectivity index (χ1n) is 7.53. The van der Waals surface area contributed by atoms with Crippen molar-refractivity contribution in [3.05, 3.63) is 29.3 Å². The molecule has 1 aromatic carbocycles. The van der Waals surface area contributed by atoms with Gasteiger partial charge in [-0.1, -0.05) is 68.4 Å². The first kappa shape index (κ1) is 18.8. The molecule has 1 unspecified atom stereocenters. The van der Waals surface area contributed by atoms with Crippen LogP contribution in [-0.2, 0) is 15.4 Å². The standard InChI is InChI=1S/C18H30ClOP/c1-16(2,3)13-10-14(17(4,5)6)12-15(11-13)21(19,20)18(7,8)9/h10-12H,1-9H3. The fourth-order valence-electron chi connectivity index (χ4n) is 2.03. The summed E-state index contributed by atoms with van der Waals surface area (Å²) in [4.78, 5) is 0. The van der Waals surface area contributed by atoms with Gasteiger partial charge in [0.2, 0.25) is 6.49 Å². The predicted molar refractivity (Wildman–Crippen MR) is 96.7 cm³/mol. The zero-order chi connectivity index (χ0) is 16.9. The Kier molecular flexibility index (Phi) is 4.86. The van der Waals surface area contributed by atoms with E-state index in [1.54, 1.807) is 0 Å². The van der Waals surface area contributed by atoms with E-state index in [0.717, 1.165) is 5.30 Å². The maximum atomic E-state index is 13.2. The van der Waals surface area contributed by atoms with Crippen LogP contribution in [0.4, 0.5) is 0 Å². The van der Waals surface area contributed by atoms with E-state index in [4.69, 9.17) is 11.2 Å². The SMILES string of the molecule is CC(C)(C)c1cc(C(C)(C)C)cc(P(=O)(Cl)C(C)(C)C)c1. The Bertz CT molecular complexity index is 536. The maximum absolute atomic E-state index is 13.2. The lowest BCUT2D eigenvalue weighted by Gasteiger charge is -2.30. The number of rotatable bonds is 1. The average Bonchev–Trinajstić information content (AvgIpc) is 2.24. The molecule has 3 heteroatoms. The van der Waals surface area contributed by atoms with Crippen LogP contribution in [0.3, 0.4) is 0 Å². The fourth-order valence-corrected chi connectivity index (χ4v) is 3.71. The molecule has 0 saturated carbocycles. The summed E-state index contributed by atoms with van der Waals surface area (Å²) in [6.45, 7) is 15.9. The van der Waals surface area contributed by atoms with Gasteiger partial charge < -0.3 is 4.57 Å². The van der Waals surface area contributed by atoms with Gasteiger partial charge in [0.1, 0.15) is 0 Å². The largest absolute Gasteiger partial charge is 0.301 e. The van der Waals surface area contributed by atoms with Crippen molar-refractivity contribution < 1.29 is 4.57 Å². The highest BCUT2D eigenvalue weighted by molar-refractivity contribution is 7.96. The topological polar surface area (TPSA) is 17.1 Å². The molecule has 120 valence electrons. The van der Waals surface area contributed by atoms with Gasteiger partial charge in [0.15, 0.2) is 0 Å². The Hall–Kier alpha value is -0.260. The minimum atomic E-state index is -2.95. The zero-order valence-electron chi connectivity index (χ0n) is 15.0. The second-order valence-electron chi connectivity index (χ2n) is 8.97. The highest BCUT2D eigenvalue weighted by Gasteiger charge is 2.37. The lowest BCUT2D eigenvalue weighted by atomic mass is 9.81. The van der Waals surface area contributed by atoms with Gasteiger partial charge in [-0.2, -0.15) is 0 Å². The molecule has 0 bridgehead atoms. The summed E-state index contributed by atoms with van der Waals surface area (Å²) in [5.74, 6) is 0. The van der Waals surface area contributed by atoms with Gasteiger partial charge in [-0.15, -0.1) is 0 Å². The second-order valence-corrected chi connectivity index (χ2v) is 13.3. The second kappa shape index (κ2) is 5.43. The van der Waals surface area contributed by atoms with Gasteiger partial charge in [0, 0.05) is 10.5 Å². The molecule has 1 rings (SSSR count). The summed E-state index contributed by atoms with van der Waals surface area (Å²) < 4.78 is 13.2. The van der Waals surface area contributed by atoms with E-state index in [-0.39, 0.29) is 10.8 Å². The van der Waals surface area contributed by atoms with Crippen LogP contribution in [0.1, 0.15) is 73.4 Å². The van der Waals surface area contributed by atoms with E-state index in [1.807, 2.05) is 32.9 Å². The van der Waals surface area contributed by atoms with Crippen LogP contribution in [-0.4, -0.2) is 5.16 Å². The smallest absolute Gasteiger partial charge is 0.202 e. The Morgan fingerprint density at radius 2 is 1.10 bits per heavy atom. The maximum Gasteiger partial charge on any atom is 0.202 e. The van der Waals surface area contributed by atoms with E-state index < -0.39 is 11.7 Å². The Labute approximate surface area is 135 Å². The Morgan fingerprint density at radius 1 is 0.762 bits per heavy atom. The van der Waals surface area contributed by atoms with Crippen LogP contribution >= 0.6 is 17.7 Å². The van der Waals surface area contributed by atoms with Crippen LogP contribution < -0.4 is 5.30 Å². The molecular weight excluding hydrogens is 299 g/mol. The van der Waals surface area contributed by atoms with E-state index >= 15 is 0 Å². The molecule has 0 amide bonds. The summed E-state index contributed by atoms with van der Waals surface area (Å²) >= 11 is 6.54. The molecule has 0 aliphatic carbocycles. The van der Waals surface area contributed by atoms with Crippen molar-refractivity contribution in [2.24, 2.45) is 0 Å². The Morgan fingerprint density at radius 3 is 1.33 bits per heavy atom. The van der Waals surface area contributed by atoms with Gasteiger partial charge in [-0.25, -0.2) is 0 Å². The molecule has 21 heavy (non-hydrogen) atoms. The molecule has 0 fully saturated rings. The molecule has 0 aromatic heterocycles. The lowest BCUT2D eigenvalue weighted by molar-refractivity contribution is 0.563. The van der Waals surface area contributed by atoms with Crippen LogP contribution in [0.25, 0.3) is 0 Å². The minimum absolute atomic E-state index is 0.00475. The zero-order valence-corrected chi connectivity index (χ0v) is 16.6. The third-order valence-corrected chi connectivity index (χ3v) is 8.60. The van der Waals surface area contributed by atoms with Crippen molar-refractivity contribution in [2.45, 2.75) is 78.3 Å². The van der Waals surface area contributed by atoms with E-state index in [2.05, 4.69) is 47.6 Å². The highest BCUT2D eigenvalue weighted by Crippen LogP contribution is 2.61. The van der Waals surface area contributed by atoms with Gasteiger partial charge >= 0.3 is 0 Å². The molecule has 0 radical (unpaired) electrons. The van der Waals surface area contributed by atoms with Crippen molar-refractivity contribution in [3.8, 4) is 0 Å². The number of benzene rings is 1. The molecule has 0 saturated heterocycles. The number of halogens is 1. The first-order valence-corrected chi connectivity index (χ1v) is 10.1. The van der Waals surface area contributed by atoms with Crippen molar-refractivity contribution in [2.75, 3.05) is 0 Å². The van der Waals surface area contributed by atoms with Crippen molar-refractivity contribution in [1.82, 2.24) is 0 Å². The summed E-state index contributed by atoms with van der Waals surface area (Å²) in [7, 11) is 0. The van der Waals surface area contributed by atoms with Crippen molar-refractivity contribution in [3.63, 3.8) is 0 Å². The number of hydrogen-bond acceptors (Lipinski definition) is 1. The molecule has 0 N–H and O–H groups in total. The van der Waals surface area contributed by atoms with Crippen LogP contribution in [0.15, 0.2) is 18.2 Å². The Balaban J connectivity index is 3.66. The van der Waals surface area contributed by atoms with Crippen LogP contribution in [0.2, 0.25) is 0 Å². The van der Waals surface area contributed by atoms with E-state index in [0.29, 0.717) is 0 Å². The molecule has 1 atom stereocenters. The summed E-state index contributed by atoms with van der Waals surface area (Å²) in [5, 5.41) is 0.342. The van der Waals surface area contributed by atoms with Gasteiger partial charge in [-0.05, 0) is 45.3 Å². The highest BCUT2D eigenvalue weighted by atomic mass is 35.7. The fraction of sp³-hybridized carbons (Fsp3) is 0.667. The molecule has 0 aliphatic rings. The quantitative estimate of drug-likeness (QED) is 0.559. The third-order valence-electron chi connectivity index (χ3n) is 3.84. The summed E-state index contributed by atoms with van der Waals surface area (Å²) in [6, 6.07) is 6.30. The summed E-state index contributed by atoms with van der Waals surface area (Å²) in [5.41, 5.74) is 2.39. The molecule has 0 heterocycles. The third kappa shape index (κ3) is 4.14. The summed E-state index contributed by atoms with van der Waals surface area (Å²) in [6.07, 6.45) is 0. The molecule has 1 nitrogen and oxygen atoms in total. The molecule has 0 aliphatic heterocycles. The predicted octanol–water partition coefficient (Wildman–Crippen LogP) is 6.22. The average molecular weight is 329 g/mol. The van der Waals surface area contributed by atoms with Gasteiger partial charge in [0.05, 0.1) is 0 Å². The lowest BCUT2D eigenvalue weighted by Crippen LogP contribution is -2.25. The molecule has 1 aromatic rings. The molecular formula is C18H30ClOP. The molecule has 0 spiro atoms. The normalized spacial score (nSPS) is 16.7. The monoisotopic (exact) mass is 328 g/mol. The minimum Gasteiger partial charge on any atom is -0.301 e. The van der Waals surface area contributed by atoms with E-state index in [1.165, 1.54) is 11.1 Å². The van der Waals surface area contributed by atoms with Crippen LogP contribution in [0, 0.1) is 0 Å².